The van der Waals surface area contributed by atoms with Gasteiger partial charge in [0.15, 0.2) is 0 Å². The molecule has 2 rings (SSSR count). The average molecular weight is 298 g/mol. The van der Waals surface area contributed by atoms with Crippen LogP contribution in [-0.2, 0) is 6.54 Å². The summed E-state index contributed by atoms with van der Waals surface area (Å²) < 4.78 is 18.8. The van der Waals surface area contributed by atoms with E-state index in [1.807, 2.05) is 19.1 Å². The van der Waals surface area contributed by atoms with Crippen LogP contribution in [0.4, 0.5) is 4.39 Å². The Hall–Kier alpha value is -1.36. The maximum atomic E-state index is 13.1. The molecule has 2 N–H and O–H groups in total. The molecule has 1 aromatic carbocycles. The lowest BCUT2D eigenvalue weighted by Gasteiger charge is -2.12. The minimum Gasteiger partial charge on any atom is -0.460 e. The highest BCUT2D eigenvalue weighted by Crippen LogP contribution is 2.26. The van der Waals surface area contributed by atoms with E-state index in [9.17, 15) is 4.39 Å². The Kier molecular flexibility index (Phi) is 5.17. The molecule has 0 aliphatic rings. The molecule has 1 aromatic heterocycles. The van der Waals surface area contributed by atoms with E-state index in [-0.39, 0.29) is 17.7 Å². The van der Waals surface area contributed by atoms with Gasteiger partial charge in [-0.3, -0.25) is 0 Å². The molecule has 3 nitrogen and oxygen atoms in total. The van der Waals surface area contributed by atoms with Crippen molar-refractivity contribution in [2.75, 3.05) is 6.61 Å². The molecule has 1 atom stereocenters. The zero-order valence-electron chi connectivity index (χ0n) is 11.2. The molecule has 0 saturated heterocycles. The smallest absolute Gasteiger partial charge is 0.141 e. The van der Waals surface area contributed by atoms with Crippen molar-refractivity contribution in [2.45, 2.75) is 25.9 Å². The van der Waals surface area contributed by atoms with Gasteiger partial charge in [0.1, 0.15) is 17.3 Å². The molecule has 108 valence electrons. The molecule has 0 aliphatic heterocycles. The standard InChI is InChI=1S/C15H17ClFNO2/c1-2-11(9-19)18-8-12-4-6-15(20-12)10-3-5-14(17)13(16)7-10/h3-7,11,18-19H,2,8-9H2,1H3/t11-/m0/s1. The SMILES string of the molecule is CC[C@@H](CO)NCc1ccc(-c2ccc(F)c(Cl)c2)o1. The number of nitrogens with one attached hydrogen (secondary N) is 1. The number of hydrogen-bond acceptors (Lipinski definition) is 3. The molecule has 0 amide bonds. The monoisotopic (exact) mass is 297 g/mol. The van der Waals surface area contributed by atoms with Crippen LogP contribution in [0, 0.1) is 5.82 Å². The Labute approximate surface area is 122 Å². The molecule has 0 aliphatic carbocycles. The summed E-state index contributed by atoms with van der Waals surface area (Å²) in [5, 5.41) is 12.4. The molecule has 5 heteroatoms. The van der Waals surface area contributed by atoms with Gasteiger partial charge < -0.3 is 14.8 Å². The second-order valence-electron chi connectivity index (χ2n) is 4.56. The number of aliphatic hydroxyl groups excluding tert-OH is 1. The van der Waals surface area contributed by atoms with Crippen LogP contribution in [0.15, 0.2) is 34.7 Å². The number of rotatable bonds is 6. The average Bonchev–Trinajstić information content (AvgIpc) is 2.92. The Balaban J connectivity index is 2.06. The van der Waals surface area contributed by atoms with Crippen molar-refractivity contribution < 1.29 is 13.9 Å². The van der Waals surface area contributed by atoms with Crippen molar-refractivity contribution >= 4 is 11.6 Å². The normalized spacial score (nSPS) is 12.6. The first kappa shape index (κ1) is 15.0. The lowest BCUT2D eigenvalue weighted by Crippen LogP contribution is -2.30. The number of benzene rings is 1. The topological polar surface area (TPSA) is 45.4 Å². The van der Waals surface area contributed by atoms with Gasteiger partial charge in [-0.2, -0.15) is 0 Å². The van der Waals surface area contributed by atoms with Gasteiger partial charge in [-0.05, 0) is 36.8 Å². The lowest BCUT2D eigenvalue weighted by atomic mass is 10.2. The van der Waals surface area contributed by atoms with Gasteiger partial charge in [0.25, 0.3) is 0 Å². The fraction of sp³-hybridized carbons (Fsp3) is 0.333. The van der Waals surface area contributed by atoms with Crippen molar-refractivity contribution in [1.29, 1.82) is 0 Å². The molecule has 0 fully saturated rings. The molecule has 0 radical (unpaired) electrons. The molecule has 0 spiro atoms. The van der Waals surface area contributed by atoms with E-state index < -0.39 is 5.82 Å². The number of furan rings is 1. The van der Waals surface area contributed by atoms with Crippen LogP contribution < -0.4 is 5.32 Å². The Morgan fingerprint density at radius 3 is 2.80 bits per heavy atom. The maximum absolute atomic E-state index is 13.1. The van der Waals surface area contributed by atoms with Crippen LogP contribution in [0.2, 0.25) is 5.02 Å². The van der Waals surface area contributed by atoms with Gasteiger partial charge in [0.2, 0.25) is 0 Å². The van der Waals surface area contributed by atoms with Crippen LogP contribution in [0.3, 0.4) is 0 Å². The van der Waals surface area contributed by atoms with Crippen molar-refractivity contribution in [3.8, 4) is 11.3 Å². The van der Waals surface area contributed by atoms with E-state index in [0.717, 1.165) is 17.7 Å². The van der Waals surface area contributed by atoms with Crippen molar-refractivity contribution in [3.63, 3.8) is 0 Å². The summed E-state index contributed by atoms with van der Waals surface area (Å²) in [6.45, 7) is 2.63. The number of halogens is 2. The van der Waals surface area contributed by atoms with Crippen LogP contribution >= 0.6 is 11.6 Å². The van der Waals surface area contributed by atoms with E-state index in [1.165, 1.54) is 12.1 Å². The summed E-state index contributed by atoms with van der Waals surface area (Å²) in [6.07, 6.45) is 0.845. The van der Waals surface area contributed by atoms with Gasteiger partial charge in [0.05, 0.1) is 18.2 Å². The molecule has 0 saturated carbocycles. The maximum Gasteiger partial charge on any atom is 0.141 e. The fourth-order valence-electron chi connectivity index (χ4n) is 1.86. The summed E-state index contributed by atoms with van der Waals surface area (Å²) in [7, 11) is 0. The van der Waals surface area contributed by atoms with Crippen molar-refractivity contribution in [1.82, 2.24) is 5.32 Å². The molecule has 0 unspecified atom stereocenters. The molecule has 2 aromatic rings. The predicted molar refractivity (Wildman–Crippen MR) is 77.1 cm³/mol. The second-order valence-corrected chi connectivity index (χ2v) is 4.97. The highest BCUT2D eigenvalue weighted by molar-refractivity contribution is 6.31. The predicted octanol–water partition coefficient (Wildman–Crippen LogP) is 3.60. The highest BCUT2D eigenvalue weighted by atomic mass is 35.5. The van der Waals surface area contributed by atoms with E-state index in [2.05, 4.69) is 5.32 Å². The first-order valence-corrected chi connectivity index (χ1v) is 6.90. The summed E-state index contributed by atoms with van der Waals surface area (Å²) >= 11 is 5.75. The van der Waals surface area contributed by atoms with Gasteiger partial charge in [-0.25, -0.2) is 4.39 Å². The van der Waals surface area contributed by atoms with Gasteiger partial charge in [-0.1, -0.05) is 18.5 Å². The fourth-order valence-corrected chi connectivity index (χ4v) is 2.04. The van der Waals surface area contributed by atoms with Gasteiger partial charge in [0, 0.05) is 11.6 Å². The number of aliphatic hydroxyl groups is 1. The van der Waals surface area contributed by atoms with E-state index in [0.29, 0.717) is 12.3 Å². The van der Waals surface area contributed by atoms with Crippen LogP contribution in [0.5, 0.6) is 0 Å². The molecule has 20 heavy (non-hydrogen) atoms. The third-order valence-corrected chi connectivity index (χ3v) is 3.43. The van der Waals surface area contributed by atoms with Crippen molar-refractivity contribution in [3.05, 3.63) is 46.9 Å². The van der Waals surface area contributed by atoms with Crippen LogP contribution in [0.25, 0.3) is 11.3 Å². The van der Waals surface area contributed by atoms with Gasteiger partial charge >= 0.3 is 0 Å². The third kappa shape index (κ3) is 3.60. The third-order valence-electron chi connectivity index (χ3n) is 3.14. The van der Waals surface area contributed by atoms with Gasteiger partial charge in [-0.15, -0.1) is 0 Å². The molecule has 1 heterocycles. The largest absolute Gasteiger partial charge is 0.460 e. The lowest BCUT2D eigenvalue weighted by molar-refractivity contribution is 0.235. The van der Waals surface area contributed by atoms with E-state index >= 15 is 0 Å². The molecular weight excluding hydrogens is 281 g/mol. The van der Waals surface area contributed by atoms with Crippen LogP contribution in [-0.4, -0.2) is 17.8 Å². The Bertz CT molecular complexity index is 567. The minimum atomic E-state index is -0.447. The van der Waals surface area contributed by atoms with Crippen LogP contribution in [0.1, 0.15) is 19.1 Å². The second kappa shape index (κ2) is 6.88. The quantitative estimate of drug-likeness (QED) is 0.856. The van der Waals surface area contributed by atoms with E-state index in [4.69, 9.17) is 21.1 Å². The molecule has 0 bridgehead atoms. The highest BCUT2D eigenvalue weighted by Gasteiger charge is 2.09. The first-order valence-electron chi connectivity index (χ1n) is 6.52. The first-order chi connectivity index (χ1) is 9.63. The molecular formula is C15H17ClFNO2. The zero-order valence-corrected chi connectivity index (χ0v) is 12.0. The Morgan fingerprint density at radius 2 is 2.15 bits per heavy atom. The Morgan fingerprint density at radius 1 is 1.35 bits per heavy atom. The summed E-state index contributed by atoms with van der Waals surface area (Å²) in [5.74, 6) is 0.950. The summed E-state index contributed by atoms with van der Waals surface area (Å²) in [5.41, 5.74) is 0.733. The van der Waals surface area contributed by atoms with Crippen molar-refractivity contribution in [2.24, 2.45) is 0 Å². The summed E-state index contributed by atoms with van der Waals surface area (Å²) in [4.78, 5) is 0. The minimum absolute atomic E-state index is 0.0591. The zero-order chi connectivity index (χ0) is 14.5. The number of hydrogen-bond donors (Lipinski definition) is 2. The van der Waals surface area contributed by atoms with E-state index in [1.54, 1.807) is 6.07 Å². The summed E-state index contributed by atoms with van der Waals surface area (Å²) in [6, 6.07) is 8.21.